The predicted octanol–water partition coefficient (Wildman–Crippen LogP) is 1.14. The van der Waals surface area contributed by atoms with Crippen LogP contribution in [0.2, 0.25) is 0 Å². The minimum absolute atomic E-state index is 0.244. The first-order valence-corrected chi connectivity index (χ1v) is 7.67. The number of para-hydroxylation sites is 1. The Hall–Kier alpha value is -3.21. The Labute approximate surface area is 137 Å². The molecule has 0 atom stereocenters. The zero-order valence-corrected chi connectivity index (χ0v) is 13.3. The zero-order valence-electron chi connectivity index (χ0n) is 13.3. The van der Waals surface area contributed by atoms with E-state index in [4.69, 9.17) is 0 Å². The summed E-state index contributed by atoms with van der Waals surface area (Å²) in [5.41, 5.74) is 2.92. The third-order valence-electron chi connectivity index (χ3n) is 4.19. The second-order valence-electron chi connectivity index (χ2n) is 5.90. The number of carbonyl (C=O) groups is 1. The topological polar surface area (TPSA) is 67.2 Å². The van der Waals surface area contributed by atoms with Crippen LogP contribution in [0, 0.1) is 13.8 Å². The van der Waals surface area contributed by atoms with Crippen molar-refractivity contribution in [2.45, 2.75) is 13.8 Å². The van der Waals surface area contributed by atoms with Gasteiger partial charge in [0.1, 0.15) is 0 Å². The van der Waals surface area contributed by atoms with E-state index in [0.29, 0.717) is 22.2 Å². The minimum Gasteiger partial charge on any atom is -0.295 e. The van der Waals surface area contributed by atoms with E-state index in [1.54, 1.807) is 6.92 Å². The Kier molecular flexibility index (Phi) is 3.09. The van der Waals surface area contributed by atoms with Gasteiger partial charge in [-0.3, -0.25) is 14.7 Å². The van der Waals surface area contributed by atoms with Gasteiger partial charge in [-0.25, -0.2) is 9.67 Å². The van der Waals surface area contributed by atoms with Crippen LogP contribution >= 0.6 is 0 Å². The lowest BCUT2D eigenvalue weighted by Gasteiger charge is -1.99. The number of carbonyl (C=O) groups excluding carboxylic acids is 1. The first-order chi connectivity index (χ1) is 11.6. The van der Waals surface area contributed by atoms with Gasteiger partial charge < -0.3 is 0 Å². The van der Waals surface area contributed by atoms with E-state index in [0.717, 1.165) is 16.5 Å². The predicted molar refractivity (Wildman–Crippen MR) is 90.6 cm³/mol. The van der Waals surface area contributed by atoms with Crippen molar-refractivity contribution in [3.8, 4) is 5.69 Å². The maximum atomic E-state index is 12.9. The molecule has 2 heterocycles. The SMILES string of the molecule is Cc1ccc2c(c1)=C(c1c(C)[nH]n(-c3ccccc3)c1=O)C(=O)N=2. The number of rotatable bonds is 2. The normalized spacial score (nSPS) is 13.1. The quantitative estimate of drug-likeness (QED) is 0.770. The fourth-order valence-electron chi connectivity index (χ4n) is 3.07. The highest BCUT2D eigenvalue weighted by atomic mass is 16.2. The molecule has 0 aliphatic carbocycles. The van der Waals surface area contributed by atoms with Crippen molar-refractivity contribution in [3.05, 3.63) is 86.3 Å². The number of nitrogens with one attached hydrogen (secondary N) is 1. The molecule has 0 saturated heterocycles. The number of fused-ring (bicyclic) bond motifs is 1. The maximum Gasteiger partial charge on any atom is 0.279 e. The standard InChI is InChI=1S/C19H15N3O2/c1-11-8-9-15-14(10-11)17(18(23)20-15)16-12(2)21-22(19(16)24)13-6-4-3-5-7-13/h3-10,21H,1-2H3. The van der Waals surface area contributed by atoms with Gasteiger partial charge in [0.05, 0.1) is 22.2 Å². The van der Waals surface area contributed by atoms with E-state index in [1.165, 1.54) is 4.68 Å². The molecule has 1 amide bonds. The number of hydrogen-bond acceptors (Lipinski definition) is 2. The van der Waals surface area contributed by atoms with E-state index < -0.39 is 0 Å². The minimum atomic E-state index is -0.366. The van der Waals surface area contributed by atoms with Crippen molar-refractivity contribution >= 4 is 11.5 Å². The van der Waals surface area contributed by atoms with Crippen LogP contribution in [-0.4, -0.2) is 15.7 Å². The number of aryl methyl sites for hydroxylation is 2. The largest absolute Gasteiger partial charge is 0.295 e. The fourth-order valence-corrected chi connectivity index (χ4v) is 3.07. The summed E-state index contributed by atoms with van der Waals surface area (Å²) >= 11 is 0. The van der Waals surface area contributed by atoms with Gasteiger partial charge in [-0.2, -0.15) is 0 Å². The van der Waals surface area contributed by atoms with Crippen molar-refractivity contribution in [2.24, 2.45) is 4.99 Å². The highest BCUT2D eigenvalue weighted by molar-refractivity contribution is 6.21. The molecule has 0 radical (unpaired) electrons. The highest BCUT2D eigenvalue weighted by Crippen LogP contribution is 2.16. The van der Waals surface area contributed by atoms with Crippen LogP contribution in [0.4, 0.5) is 0 Å². The monoisotopic (exact) mass is 317 g/mol. The molecular formula is C19H15N3O2. The Morgan fingerprint density at radius 2 is 1.75 bits per heavy atom. The van der Waals surface area contributed by atoms with Gasteiger partial charge in [0.25, 0.3) is 11.5 Å². The second kappa shape index (κ2) is 5.16. The summed E-state index contributed by atoms with van der Waals surface area (Å²) in [7, 11) is 0. The summed E-state index contributed by atoms with van der Waals surface area (Å²) in [6.45, 7) is 3.75. The third-order valence-corrected chi connectivity index (χ3v) is 4.19. The van der Waals surface area contributed by atoms with Crippen LogP contribution < -0.4 is 16.1 Å². The van der Waals surface area contributed by atoms with E-state index in [1.807, 2.05) is 55.5 Å². The van der Waals surface area contributed by atoms with Crippen molar-refractivity contribution in [2.75, 3.05) is 0 Å². The molecule has 1 aliphatic heterocycles. The fraction of sp³-hybridized carbons (Fsp3) is 0.105. The smallest absolute Gasteiger partial charge is 0.279 e. The molecule has 0 fully saturated rings. The Bertz CT molecular complexity index is 1150. The lowest BCUT2D eigenvalue weighted by Crippen LogP contribution is -2.26. The van der Waals surface area contributed by atoms with Crippen LogP contribution in [-0.2, 0) is 4.79 Å². The summed E-state index contributed by atoms with van der Waals surface area (Å²) in [6.07, 6.45) is 0. The van der Waals surface area contributed by atoms with Gasteiger partial charge in [-0.05, 0) is 38.1 Å². The van der Waals surface area contributed by atoms with Gasteiger partial charge in [0.15, 0.2) is 0 Å². The molecule has 24 heavy (non-hydrogen) atoms. The van der Waals surface area contributed by atoms with Crippen LogP contribution in [0.3, 0.4) is 0 Å². The molecule has 5 nitrogen and oxygen atoms in total. The van der Waals surface area contributed by atoms with Crippen molar-refractivity contribution in [3.63, 3.8) is 0 Å². The van der Waals surface area contributed by atoms with Crippen molar-refractivity contribution < 1.29 is 4.79 Å². The lowest BCUT2D eigenvalue weighted by atomic mass is 10.0. The zero-order chi connectivity index (χ0) is 16.8. The molecule has 0 bridgehead atoms. The number of benzene rings is 2. The second-order valence-corrected chi connectivity index (χ2v) is 5.90. The summed E-state index contributed by atoms with van der Waals surface area (Å²) in [6, 6.07) is 14.9. The first-order valence-electron chi connectivity index (χ1n) is 7.67. The van der Waals surface area contributed by atoms with E-state index in [-0.39, 0.29) is 11.5 Å². The van der Waals surface area contributed by atoms with Crippen molar-refractivity contribution in [1.82, 2.24) is 9.78 Å². The molecule has 1 aromatic heterocycles. The molecular weight excluding hydrogens is 302 g/mol. The van der Waals surface area contributed by atoms with Gasteiger partial charge in [0, 0.05) is 10.9 Å². The number of H-pyrrole nitrogens is 1. The van der Waals surface area contributed by atoms with Gasteiger partial charge in [-0.1, -0.05) is 29.8 Å². The average Bonchev–Trinajstić information content (AvgIpc) is 3.04. The van der Waals surface area contributed by atoms with Crippen LogP contribution in [0.1, 0.15) is 16.8 Å². The van der Waals surface area contributed by atoms with Gasteiger partial charge in [-0.15, -0.1) is 0 Å². The molecule has 3 aromatic rings. The Morgan fingerprint density at radius 1 is 1.00 bits per heavy atom. The summed E-state index contributed by atoms with van der Waals surface area (Å²) in [4.78, 5) is 29.4. The van der Waals surface area contributed by atoms with E-state index in [9.17, 15) is 9.59 Å². The Morgan fingerprint density at radius 3 is 2.50 bits per heavy atom. The molecule has 0 saturated carbocycles. The van der Waals surface area contributed by atoms with Crippen molar-refractivity contribution in [1.29, 1.82) is 0 Å². The number of aromatic amines is 1. The van der Waals surface area contributed by atoms with Crippen LogP contribution in [0.25, 0.3) is 11.3 Å². The number of nitrogens with zero attached hydrogens (tertiary/aromatic N) is 2. The average molecular weight is 317 g/mol. The van der Waals surface area contributed by atoms with Crippen LogP contribution in [0.5, 0.6) is 0 Å². The van der Waals surface area contributed by atoms with E-state index >= 15 is 0 Å². The highest BCUT2D eigenvalue weighted by Gasteiger charge is 2.25. The molecule has 0 spiro atoms. The molecule has 1 aliphatic rings. The summed E-state index contributed by atoms with van der Waals surface area (Å²) in [5, 5.41) is 4.40. The number of aromatic nitrogens is 2. The van der Waals surface area contributed by atoms with Gasteiger partial charge in [0.2, 0.25) is 0 Å². The maximum absolute atomic E-state index is 12.9. The first kappa shape index (κ1) is 14.4. The third kappa shape index (κ3) is 2.06. The summed E-state index contributed by atoms with van der Waals surface area (Å²) in [5.74, 6) is -0.366. The molecule has 5 heteroatoms. The number of amides is 1. The van der Waals surface area contributed by atoms with Gasteiger partial charge >= 0.3 is 0 Å². The Balaban J connectivity index is 2.05. The summed E-state index contributed by atoms with van der Waals surface area (Å²) < 4.78 is 1.46. The van der Waals surface area contributed by atoms with E-state index in [2.05, 4.69) is 10.1 Å². The molecule has 1 N–H and O–H groups in total. The van der Waals surface area contributed by atoms with Crippen LogP contribution in [0.15, 0.2) is 58.3 Å². The molecule has 118 valence electrons. The molecule has 0 unspecified atom stereocenters. The lowest BCUT2D eigenvalue weighted by molar-refractivity contribution is -0.112. The molecule has 4 rings (SSSR count). The molecule has 2 aromatic carbocycles. The number of hydrogen-bond donors (Lipinski definition) is 1.